The first kappa shape index (κ1) is 12.4. The standard InChI is InChI=1S/C12H16N4O2/c1-17-7-6-16-9-14-15-12(16)8-18-11-5-3-2-4-10(11)13/h2-5,9H,6-8,13H2,1H3. The molecule has 6 heteroatoms. The highest BCUT2D eigenvalue weighted by Gasteiger charge is 2.06. The lowest BCUT2D eigenvalue weighted by atomic mass is 10.3. The van der Waals surface area contributed by atoms with Crippen molar-refractivity contribution in [2.24, 2.45) is 0 Å². The zero-order valence-electron chi connectivity index (χ0n) is 10.2. The number of benzene rings is 1. The van der Waals surface area contributed by atoms with Crippen molar-refractivity contribution in [3.63, 3.8) is 0 Å². The summed E-state index contributed by atoms with van der Waals surface area (Å²) in [6.45, 7) is 1.64. The Labute approximate surface area is 105 Å². The van der Waals surface area contributed by atoms with Gasteiger partial charge in [0.25, 0.3) is 0 Å². The number of anilines is 1. The molecular formula is C12H16N4O2. The number of para-hydroxylation sites is 2. The van der Waals surface area contributed by atoms with Crippen LogP contribution in [0.2, 0.25) is 0 Å². The molecule has 0 saturated carbocycles. The number of nitrogen functional groups attached to an aromatic ring is 1. The van der Waals surface area contributed by atoms with Gasteiger partial charge in [-0.1, -0.05) is 12.1 Å². The van der Waals surface area contributed by atoms with Gasteiger partial charge in [-0.15, -0.1) is 10.2 Å². The minimum atomic E-state index is 0.331. The molecular weight excluding hydrogens is 232 g/mol. The maximum atomic E-state index is 5.79. The lowest BCUT2D eigenvalue weighted by molar-refractivity contribution is 0.183. The smallest absolute Gasteiger partial charge is 0.170 e. The van der Waals surface area contributed by atoms with Crippen molar-refractivity contribution in [3.8, 4) is 5.75 Å². The van der Waals surface area contributed by atoms with Crippen LogP contribution in [0.25, 0.3) is 0 Å². The summed E-state index contributed by atoms with van der Waals surface area (Å²) in [4.78, 5) is 0. The van der Waals surface area contributed by atoms with E-state index in [0.29, 0.717) is 31.2 Å². The van der Waals surface area contributed by atoms with Crippen molar-refractivity contribution in [1.82, 2.24) is 14.8 Å². The van der Waals surface area contributed by atoms with Crippen molar-refractivity contribution in [2.45, 2.75) is 13.2 Å². The number of rotatable bonds is 6. The average molecular weight is 248 g/mol. The normalized spacial score (nSPS) is 10.5. The second-order valence-corrected chi connectivity index (χ2v) is 3.76. The second-order valence-electron chi connectivity index (χ2n) is 3.76. The number of nitrogens with zero attached hydrogens (tertiary/aromatic N) is 3. The van der Waals surface area contributed by atoms with Crippen LogP contribution in [0.4, 0.5) is 5.69 Å². The van der Waals surface area contributed by atoms with Crippen LogP contribution in [0.5, 0.6) is 5.75 Å². The van der Waals surface area contributed by atoms with Crippen LogP contribution in [-0.4, -0.2) is 28.5 Å². The van der Waals surface area contributed by atoms with Crippen LogP contribution in [0, 0.1) is 0 Å². The summed E-state index contributed by atoms with van der Waals surface area (Å²) in [6, 6.07) is 7.36. The van der Waals surface area contributed by atoms with Gasteiger partial charge in [0.2, 0.25) is 0 Å². The predicted octanol–water partition coefficient (Wildman–Crippen LogP) is 1.09. The van der Waals surface area contributed by atoms with Gasteiger partial charge >= 0.3 is 0 Å². The van der Waals surface area contributed by atoms with Gasteiger partial charge in [0, 0.05) is 13.7 Å². The Morgan fingerprint density at radius 1 is 1.33 bits per heavy atom. The molecule has 0 fully saturated rings. The van der Waals surface area contributed by atoms with Gasteiger partial charge in [0.1, 0.15) is 18.7 Å². The third-order valence-electron chi connectivity index (χ3n) is 2.51. The molecule has 1 aromatic heterocycles. The Balaban J connectivity index is 1.98. The SMILES string of the molecule is COCCn1cnnc1COc1ccccc1N. The summed E-state index contributed by atoms with van der Waals surface area (Å²) in [5, 5.41) is 7.86. The quantitative estimate of drug-likeness (QED) is 0.774. The molecule has 0 bridgehead atoms. The van der Waals surface area contributed by atoms with Crippen LogP contribution in [0.3, 0.4) is 0 Å². The Hall–Kier alpha value is -2.08. The predicted molar refractivity (Wildman–Crippen MR) is 67.1 cm³/mol. The van der Waals surface area contributed by atoms with Crippen molar-refractivity contribution >= 4 is 5.69 Å². The summed E-state index contributed by atoms with van der Waals surface area (Å²) in [7, 11) is 1.66. The van der Waals surface area contributed by atoms with Crippen molar-refractivity contribution in [2.75, 3.05) is 19.5 Å². The molecule has 1 aromatic carbocycles. The van der Waals surface area contributed by atoms with E-state index in [1.54, 1.807) is 19.5 Å². The molecule has 2 rings (SSSR count). The van der Waals surface area contributed by atoms with Crippen molar-refractivity contribution in [3.05, 3.63) is 36.4 Å². The molecule has 0 saturated heterocycles. The molecule has 18 heavy (non-hydrogen) atoms. The lowest BCUT2D eigenvalue weighted by Crippen LogP contribution is -2.10. The van der Waals surface area contributed by atoms with Crippen LogP contribution in [0.1, 0.15) is 5.82 Å². The van der Waals surface area contributed by atoms with E-state index in [-0.39, 0.29) is 0 Å². The van der Waals surface area contributed by atoms with Gasteiger partial charge in [-0.25, -0.2) is 0 Å². The molecule has 6 nitrogen and oxygen atoms in total. The second kappa shape index (κ2) is 6.02. The summed E-state index contributed by atoms with van der Waals surface area (Å²) < 4.78 is 12.5. The molecule has 0 amide bonds. The molecule has 2 N–H and O–H groups in total. The van der Waals surface area contributed by atoms with Crippen LogP contribution >= 0.6 is 0 Å². The number of aromatic nitrogens is 3. The highest BCUT2D eigenvalue weighted by Crippen LogP contribution is 2.20. The number of nitrogens with two attached hydrogens (primary N) is 1. The van der Waals surface area contributed by atoms with E-state index >= 15 is 0 Å². The van der Waals surface area contributed by atoms with Crippen LogP contribution in [-0.2, 0) is 17.9 Å². The molecule has 0 radical (unpaired) electrons. The molecule has 2 aromatic rings. The number of hydrogen-bond donors (Lipinski definition) is 1. The topological polar surface area (TPSA) is 75.2 Å². The number of ether oxygens (including phenoxy) is 2. The van der Waals surface area contributed by atoms with Gasteiger partial charge < -0.3 is 19.8 Å². The fraction of sp³-hybridized carbons (Fsp3) is 0.333. The molecule has 1 heterocycles. The molecule has 96 valence electrons. The van der Waals surface area contributed by atoms with Gasteiger partial charge in [-0.3, -0.25) is 0 Å². The Morgan fingerprint density at radius 2 is 2.17 bits per heavy atom. The zero-order chi connectivity index (χ0) is 12.8. The largest absolute Gasteiger partial charge is 0.483 e. The highest BCUT2D eigenvalue weighted by molar-refractivity contribution is 5.51. The monoisotopic (exact) mass is 248 g/mol. The van der Waals surface area contributed by atoms with E-state index in [1.807, 2.05) is 22.8 Å². The third kappa shape index (κ3) is 2.98. The summed E-state index contributed by atoms with van der Waals surface area (Å²) in [6.07, 6.45) is 1.66. The molecule has 0 aliphatic carbocycles. The van der Waals surface area contributed by atoms with Crippen LogP contribution in [0.15, 0.2) is 30.6 Å². The first-order valence-electron chi connectivity index (χ1n) is 5.64. The van der Waals surface area contributed by atoms with Crippen molar-refractivity contribution in [1.29, 1.82) is 0 Å². The third-order valence-corrected chi connectivity index (χ3v) is 2.51. The van der Waals surface area contributed by atoms with Gasteiger partial charge in [-0.2, -0.15) is 0 Å². The minimum Gasteiger partial charge on any atom is -0.483 e. The maximum absolute atomic E-state index is 5.79. The Bertz CT molecular complexity index is 498. The van der Waals surface area contributed by atoms with Gasteiger partial charge in [-0.05, 0) is 12.1 Å². The molecule has 0 aliphatic rings. The van der Waals surface area contributed by atoms with E-state index in [1.165, 1.54) is 0 Å². The molecule has 0 aliphatic heterocycles. The van der Waals surface area contributed by atoms with E-state index < -0.39 is 0 Å². The first-order valence-corrected chi connectivity index (χ1v) is 5.64. The summed E-state index contributed by atoms with van der Waals surface area (Å²) in [5.41, 5.74) is 6.40. The first-order chi connectivity index (χ1) is 8.81. The Kier molecular flexibility index (Phi) is 4.14. The highest BCUT2D eigenvalue weighted by atomic mass is 16.5. The van der Waals surface area contributed by atoms with Crippen molar-refractivity contribution < 1.29 is 9.47 Å². The molecule has 0 unspecified atom stereocenters. The fourth-order valence-corrected chi connectivity index (χ4v) is 1.52. The average Bonchev–Trinajstić information content (AvgIpc) is 2.83. The molecule has 0 atom stereocenters. The molecule has 0 spiro atoms. The maximum Gasteiger partial charge on any atom is 0.170 e. The van der Waals surface area contributed by atoms with E-state index in [4.69, 9.17) is 15.2 Å². The van der Waals surface area contributed by atoms with E-state index in [2.05, 4.69) is 10.2 Å². The zero-order valence-corrected chi connectivity index (χ0v) is 10.2. The summed E-state index contributed by atoms with van der Waals surface area (Å²) >= 11 is 0. The fourth-order valence-electron chi connectivity index (χ4n) is 1.52. The number of hydrogen-bond acceptors (Lipinski definition) is 5. The number of methoxy groups -OCH3 is 1. The Morgan fingerprint density at radius 3 is 2.94 bits per heavy atom. The van der Waals surface area contributed by atoms with Crippen LogP contribution < -0.4 is 10.5 Å². The summed E-state index contributed by atoms with van der Waals surface area (Å²) in [5.74, 6) is 1.40. The lowest BCUT2D eigenvalue weighted by Gasteiger charge is -2.09. The van der Waals surface area contributed by atoms with E-state index in [9.17, 15) is 0 Å². The van der Waals surface area contributed by atoms with Gasteiger partial charge in [0.15, 0.2) is 5.82 Å². The van der Waals surface area contributed by atoms with Gasteiger partial charge in [0.05, 0.1) is 12.3 Å². The minimum absolute atomic E-state index is 0.331. The van der Waals surface area contributed by atoms with E-state index in [0.717, 1.165) is 5.82 Å².